The van der Waals surface area contributed by atoms with E-state index < -0.39 is 0 Å². The first kappa shape index (κ1) is 12.4. The van der Waals surface area contributed by atoms with Crippen molar-refractivity contribution < 1.29 is 0 Å². The molecular weight excluding hydrogens is 168 g/mol. The van der Waals surface area contributed by atoms with E-state index in [0.29, 0.717) is 0 Å². The standard InChI is InChI=1S/C8H12.C6H6/c1-4-5-6-7-8(2)3;1-2-4-6-5-3-1/h4-7H,1H2,2-3H3;1-6H/b6-5-;. The number of hydrogen-bond acceptors (Lipinski definition) is 0. The van der Waals surface area contributed by atoms with Crippen LogP contribution in [0.3, 0.4) is 0 Å². The van der Waals surface area contributed by atoms with Crippen LogP contribution in [-0.4, -0.2) is 0 Å². The Hall–Kier alpha value is -1.56. The van der Waals surface area contributed by atoms with Crippen molar-refractivity contribution >= 4 is 0 Å². The summed E-state index contributed by atoms with van der Waals surface area (Å²) in [6.07, 6.45) is 7.69. The summed E-state index contributed by atoms with van der Waals surface area (Å²) in [4.78, 5) is 0. The molecule has 0 spiro atoms. The van der Waals surface area contributed by atoms with Crippen molar-refractivity contribution in [3.63, 3.8) is 0 Å². The molecule has 0 saturated heterocycles. The Balaban J connectivity index is 0.000000249. The van der Waals surface area contributed by atoms with E-state index in [1.165, 1.54) is 5.57 Å². The zero-order valence-electron chi connectivity index (χ0n) is 8.98. The normalized spacial score (nSPS) is 8.71. The molecule has 14 heavy (non-hydrogen) atoms. The van der Waals surface area contributed by atoms with Gasteiger partial charge in [0.05, 0.1) is 0 Å². The van der Waals surface area contributed by atoms with E-state index >= 15 is 0 Å². The second kappa shape index (κ2) is 9.53. The number of benzene rings is 1. The van der Waals surface area contributed by atoms with Crippen LogP contribution >= 0.6 is 0 Å². The molecule has 0 unspecified atom stereocenters. The molecule has 1 rings (SSSR count). The molecule has 0 aliphatic heterocycles. The smallest absolute Gasteiger partial charge is 0.0439 e. The lowest BCUT2D eigenvalue weighted by Gasteiger charge is -1.78. The van der Waals surface area contributed by atoms with Crippen LogP contribution in [0.4, 0.5) is 0 Å². The summed E-state index contributed by atoms with van der Waals surface area (Å²) in [7, 11) is 0. The van der Waals surface area contributed by atoms with E-state index in [2.05, 4.69) is 20.4 Å². The van der Waals surface area contributed by atoms with Gasteiger partial charge in [0.2, 0.25) is 0 Å². The average molecular weight is 186 g/mol. The summed E-state index contributed by atoms with van der Waals surface area (Å²) < 4.78 is 0. The van der Waals surface area contributed by atoms with Crippen molar-refractivity contribution in [3.8, 4) is 0 Å². The van der Waals surface area contributed by atoms with Crippen LogP contribution in [0.25, 0.3) is 0 Å². The molecule has 0 aliphatic rings. The maximum Gasteiger partial charge on any atom is -0.0439 e. The second-order valence-electron chi connectivity index (χ2n) is 3.02. The monoisotopic (exact) mass is 186 g/mol. The Morgan fingerprint density at radius 1 is 0.857 bits per heavy atom. The van der Waals surface area contributed by atoms with Crippen LogP contribution < -0.4 is 0 Å². The number of rotatable bonds is 2. The van der Waals surface area contributed by atoms with Gasteiger partial charge < -0.3 is 0 Å². The van der Waals surface area contributed by atoms with Gasteiger partial charge in [-0.25, -0.2) is 0 Å². The Labute approximate surface area is 87.3 Å². The van der Waals surface area contributed by atoms with Crippen LogP contribution in [0, 0.1) is 0 Å². The molecule has 0 atom stereocenters. The fraction of sp³-hybridized carbons (Fsp3) is 0.143. The summed E-state index contributed by atoms with van der Waals surface area (Å²) in [5.41, 5.74) is 1.31. The first-order chi connectivity index (χ1) is 6.77. The molecule has 0 bridgehead atoms. The Morgan fingerprint density at radius 3 is 1.57 bits per heavy atom. The predicted octanol–water partition coefficient (Wildman–Crippen LogP) is 4.38. The van der Waals surface area contributed by atoms with Crippen LogP contribution in [0.1, 0.15) is 13.8 Å². The molecule has 0 N–H and O–H groups in total. The van der Waals surface area contributed by atoms with Crippen LogP contribution in [0.5, 0.6) is 0 Å². The van der Waals surface area contributed by atoms with Gasteiger partial charge in [-0.3, -0.25) is 0 Å². The minimum Gasteiger partial charge on any atom is -0.0991 e. The third-order valence-electron chi connectivity index (χ3n) is 1.34. The fourth-order valence-corrected chi connectivity index (χ4v) is 0.711. The summed E-state index contributed by atoms with van der Waals surface area (Å²) in [6, 6.07) is 12.0. The lowest BCUT2D eigenvalue weighted by atomic mass is 10.3. The van der Waals surface area contributed by atoms with Crippen molar-refractivity contribution in [1.82, 2.24) is 0 Å². The van der Waals surface area contributed by atoms with Gasteiger partial charge in [-0.15, -0.1) is 0 Å². The molecule has 0 saturated carbocycles. The third-order valence-corrected chi connectivity index (χ3v) is 1.34. The van der Waals surface area contributed by atoms with Crippen molar-refractivity contribution in [3.05, 3.63) is 72.9 Å². The molecule has 74 valence electrons. The number of allylic oxidation sites excluding steroid dienone is 5. The molecule has 0 aliphatic carbocycles. The summed E-state index contributed by atoms with van der Waals surface area (Å²) >= 11 is 0. The molecule has 0 amide bonds. The van der Waals surface area contributed by atoms with Crippen LogP contribution in [0.2, 0.25) is 0 Å². The maximum absolute atomic E-state index is 3.54. The lowest BCUT2D eigenvalue weighted by Crippen LogP contribution is -1.56. The van der Waals surface area contributed by atoms with E-state index in [1.54, 1.807) is 6.08 Å². The molecule has 0 heteroatoms. The van der Waals surface area contributed by atoms with E-state index in [-0.39, 0.29) is 0 Å². The Kier molecular flexibility index (Phi) is 8.47. The van der Waals surface area contributed by atoms with E-state index in [9.17, 15) is 0 Å². The summed E-state index contributed by atoms with van der Waals surface area (Å²) in [5.74, 6) is 0. The molecule has 0 aromatic heterocycles. The highest BCUT2D eigenvalue weighted by Crippen LogP contribution is 1.87. The maximum atomic E-state index is 3.54. The zero-order valence-corrected chi connectivity index (χ0v) is 8.98. The molecule has 0 fully saturated rings. The van der Waals surface area contributed by atoms with Gasteiger partial charge in [-0.05, 0) is 13.8 Å². The average Bonchev–Trinajstić information content (AvgIpc) is 2.21. The third kappa shape index (κ3) is 10.4. The largest absolute Gasteiger partial charge is 0.0991 e. The second-order valence-corrected chi connectivity index (χ2v) is 3.02. The molecular formula is C14H18. The Bertz CT molecular complexity index is 247. The molecule has 0 heterocycles. The fourth-order valence-electron chi connectivity index (χ4n) is 0.711. The van der Waals surface area contributed by atoms with E-state index in [0.717, 1.165) is 0 Å². The molecule has 1 aromatic rings. The summed E-state index contributed by atoms with van der Waals surface area (Å²) in [6.45, 7) is 7.67. The van der Waals surface area contributed by atoms with Gasteiger partial charge in [0, 0.05) is 0 Å². The topological polar surface area (TPSA) is 0 Å². The van der Waals surface area contributed by atoms with E-state index in [4.69, 9.17) is 0 Å². The quantitative estimate of drug-likeness (QED) is 0.601. The van der Waals surface area contributed by atoms with Gasteiger partial charge in [0.25, 0.3) is 0 Å². The van der Waals surface area contributed by atoms with Crippen molar-refractivity contribution in [1.29, 1.82) is 0 Å². The predicted molar refractivity (Wildman–Crippen MR) is 65.2 cm³/mol. The lowest BCUT2D eigenvalue weighted by molar-refractivity contribution is 1.39. The van der Waals surface area contributed by atoms with Crippen LogP contribution in [0.15, 0.2) is 72.9 Å². The highest BCUT2D eigenvalue weighted by molar-refractivity contribution is 5.12. The Morgan fingerprint density at radius 2 is 1.29 bits per heavy atom. The minimum atomic E-state index is 1.31. The molecule has 1 aromatic carbocycles. The van der Waals surface area contributed by atoms with E-state index in [1.807, 2.05) is 54.6 Å². The van der Waals surface area contributed by atoms with Gasteiger partial charge in [0.15, 0.2) is 0 Å². The van der Waals surface area contributed by atoms with Crippen molar-refractivity contribution in [2.24, 2.45) is 0 Å². The van der Waals surface area contributed by atoms with Gasteiger partial charge in [-0.2, -0.15) is 0 Å². The van der Waals surface area contributed by atoms with Crippen molar-refractivity contribution in [2.45, 2.75) is 13.8 Å². The highest BCUT2D eigenvalue weighted by Gasteiger charge is 1.66. The minimum absolute atomic E-state index is 1.31. The van der Waals surface area contributed by atoms with Gasteiger partial charge >= 0.3 is 0 Å². The highest BCUT2D eigenvalue weighted by atomic mass is 13.7. The SMILES string of the molecule is C=C/C=C\C=C(C)C.c1ccccc1. The van der Waals surface area contributed by atoms with Crippen molar-refractivity contribution in [2.75, 3.05) is 0 Å². The zero-order chi connectivity index (χ0) is 10.6. The van der Waals surface area contributed by atoms with Crippen LogP contribution in [-0.2, 0) is 0 Å². The van der Waals surface area contributed by atoms with Gasteiger partial charge in [0.1, 0.15) is 0 Å². The summed E-state index contributed by atoms with van der Waals surface area (Å²) in [5, 5.41) is 0. The molecule has 0 radical (unpaired) electrons. The number of hydrogen-bond donors (Lipinski definition) is 0. The first-order valence-corrected chi connectivity index (χ1v) is 4.70. The first-order valence-electron chi connectivity index (χ1n) is 4.70. The molecule has 0 nitrogen and oxygen atoms in total. The van der Waals surface area contributed by atoms with Gasteiger partial charge in [-0.1, -0.05) is 72.9 Å².